The predicted molar refractivity (Wildman–Crippen MR) is 95.3 cm³/mol. The zero-order chi connectivity index (χ0) is 17.9. The van der Waals surface area contributed by atoms with E-state index in [2.05, 4.69) is 15.5 Å². The number of aromatic nitrogens is 4. The van der Waals surface area contributed by atoms with E-state index in [0.717, 1.165) is 36.4 Å². The fraction of sp³-hybridized carbons (Fsp3) is 0.529. The first-order valence-corrected chi connectivity index (χ1v) is 9.83. The fourth-order valence-electron chi connectivity index (χ4n) is 3.39. The van der Waals surface area contributed by atoms with Crippen LogP contribution in [-0.4, -0.2) is 56.5 Å². The molecule has 0 saturated carbocycles. The lowest BCUT2D eigenvalue weighted by molar-refractivity contribution is -0.129. The number of carbonyl (C=O) groups is 1. The summed E-state index contributed by atoms with van der Waals surface area (Å²) in [5.74, 6) is 1.99. The van der Waals surface area contributed by atoms with E-state index >= 15 is 0 Å². The molecule has 8 nitrogen and oxygen atoms in total. The second-order valence-corrected chi connectivity index (χ2v) is 7.16. The predicted octanol–water partition coefficient (Wildman–Crippen LogP) is 1.92. The highest BCUT2D eigenvalue weighted by Crippen LogP contribution is 2.38. The van der Waals surface area contributed by atoms with Crippen LogP contribution in [0.2, 0.25) is 0 Å². The molecule has 0 radical (unpaired) electrons. The first-order valence-electron chi connectivity index (χ1n) is 8.84. The molecule has 0 N–H and O–H groups in total. The zero-order valence-corrected chi connectivity index (χ0v) is 15.4. The number of thioether (sulfide) groups is 1. The Bertz CT molecular complexity index is 796. The van der Waals surface area contributed by atoms with Gasteiger partial charge in [0.1, 0.15) is 13.2 Å². The summed E-state index contributed by atoms with van der Waals surface area (Å²) in [7, 11) is 0. The molecular weight excluding hydrogens is 354 g/mol. The molecule has 1 unspecified atom stereocenters. The SMILES string of the molecule is CCn1nnnc1SCC(=O)N1CCCC1c1ccc2c(c1)OCCO2. The molecule has 26 heavy (non-hydrogen) atoms. The molecule has 1 fully saturated rings. The molecule has 2 aliphatic heterocycles. The Morgan fingerprint density at radius 1 is 1.31 bits per heavy atom. The van der Waals surface area contributed by atoms with Gasteiger partial charge >= 0.3 is 0 Å². The van der Waals surface area contributed by atoms with Gasteiger partial charge in [0, 0.05) is 13.1 Å². The molecule has 3 heterocycles. The summed E-state index contributed by atoms with van der Waals surface area (Å²) in [5.41, 5.74) is 1.10. The van der Waals surface area contributed by atoms with Gasteiger partial charge in [-0.05, 0) is 47.9 Å². The second-order valence-electron chi connectivity index (χ2n) is 6.21. The zero-order valence-electron chi connectivity index (χ0n) is 14.6. The first kappa shape index (κ1) is 17.1. The van der Waals surface area contributed by atoms with Gasteiger partial charge in [-0.1, -0.05) is 17.8 Å². The van der Waals surface area contributed by atoms with Crippen molar-refractivity contribution in [2.75, 3.05) is 25.5 Å². The number of likely N-dealkylation sites (tertiary alicyclic amines) is 1. The van der Waals surface area contributed by atoms with Crippen molar-refractivity contribution in [2.24, 2.45) is 0 Å². The number of carbonyl (C=O) groups excluding carboxylic acids is 1. The van der Waals surface area contributed by atoms with Crippen LogP contribution < -0.4 is 9.47 Å². The highest BCUT2D eigenvalue weighted by atomic mass is 32.2. The van der Waals surface area contributed by atoms with Gasteiger partial charge in [-0.15, -0.1) is 5.10 Å². The number of aryl methyl sites for hydroxylation is 1. The van der Waals surface area contributed by atoms with E-state index in [1.165, 1.54) is 11.8 Å². The number of hydrogen-bond donors (Lipinski definition) is 0. The van der Waals surface area contributed by atoms with Crippen molar-refractivity contribution in [3.8, 4) is 11.5 Å². The number of nitrogens with zero attached hydrogens (tertiary/aromatic N) is 5. The molecule has 1 amide bonds. The van der Waals surface area contributed by atoms with Crippen LogP contribution in [0.1, 0.15) is 31.4 Å². The highest BCUT2D eigenvalue weighted by molar-refractivity contribution is 7.99. The standard InChI is InChI=1S/C17H21N5O3S/c1-2-22-17(18-19-20-22)26-11-16(23)21-7-3-4-13(21)12-5-6-14-15(10-12)25-9-8-24-14/h5-6,10,13H,2-4,7-9,11H2,1H3. The van der Waals surface area contributed by atoms with Crippen molar-refractivity contribution in [2.45, 2.75) is 37.5 Å². The molecule has 138 valence electrons. The highest BCUT2D eigenvalue weighted by Gasteiger charge is 2.31. The largest absolute Gasteiger partial charge is 0.486 e. The van der Waals surface area contributed by atoms with Crippen molar-refractivity contribution in [3.05, 3.63) is 23.8 Å². The molecule has 0 aliphatic carbocycles. The smallest absolute Gasteiger partial charge is 0.233 e. The Morgan fingerprint density at radius 2 is 2.15 bits per heavy atom. The summed E-state index contributed by atoms with van der Waals surface area (Å²) >= 11 is 1.38. The van der Waals surface area contributed by atoms with Crippen LogP contribution in [0, 0.1) is 0 Å². The van der Waals surface area contributed by atoms with E-state index in [9.17, 15) is 4.79 Å². The maximum absolute atomic E-state index is 12.8. The summed E-state index contributed by atoms with van der Waals surface area (Å²) in [5, 5.41) is 12.2. The lowest BCUT2D eigenvalue weighted by Crippen LogP contribution is -2.32. The van der Waals surface area contributed by atoms with Gasteiger partial charge in [0.05, 0.1) is 11.8 Å². The third-order valence-corrected chi connectivity index (χ3v) is 5.59. The van der Waals surface area contributed by atoms with E-state index in [4.69, 9.17) is 9.47 Å². The van der Waals surface area contributed by atoms with Crippen molar-refractivity contribution >= 4 is 17.7 Å². The number of ether oxygens (including phenoxy) is 2. The minimum atomic E-state index is 0.0843. The molecule has 4 rings (SSSR count). The van der Waals surface area contributed by atoms with E-state index < -0.39 is 0 Å². The molecule has 2 aliphatic rings. The van der Waals surface area contributed by atoms with Crippen LogP contribution in [0.15, 0.2) is 23.4 Å². The average Bonchev–Trinajstić information content (AvgIpc) is 3.34. The van der Waals surface area contributed by atoms with Crippen molar-refractivity contribution in [1.29, 1.82) is 0 Å². The first-order chi connectivity index (χ1) is 12.8. The van der Waals surface area contributed by atoms with E-state index in [0.29, 0.717) is 30.7 Å². The Hall–Kier alpha value is -2.29. The molecule has 1 atom stereocenters. The third-order valence-electron chi connectivity index (χ3n) is 4.65. The molecule has 0 bridgehead atoms. The van der Waals surface area contributed by atoms with Crippen LogP contribution in [-0.2, 0) is 11.3 Å². The fourth-order valence-corrected chi connectivity index (χ4v) is 4.21. The maximum Gasteiger partial charge on any atom is 0.233 e. The Labute approximate surface area is 155 Å². The van der Waals surface area contributed by atoms with E-state index in [-0.39, 0.29) is 11.9 Å². The maximum atomic E-state index is 12.8. The van der Waals surface area contributed by atoms with Gasteiger partial charge in [0.2, 0.25) is 11.1 Å². The molecule has 0 spiro atoms. The summed E-state index contributed by atoms with van der Waals surface area (Å²) in [6.07, 6.45) is 1.96. The summed E-state index contributed by atoms with van der Waals surface area (Å²) in [6.45, 7) is 4.58. The van der Waals surface area contributed by atoms with Crippen molar-refractivity contribution < 1.29 is 14.3 Å². The van der Waals surface area contributed by atoms with E-state index in [1.54, 1.807) is 4.68 Å². The van der Waals surface area contributed by atoms with Crippen LogP contribution >= 0.6 is 11.8 Å². The second kappa shape index (κ2) is 7.53. The molecule has 9 heteroatoms. The Balaban J connectivity index is 1.45. The summed E-state index contributed by atoms with van der Waals surface area (Å²) in [6, 6.07) is 6.07. The van der Waals surface area contributed by atoms with Crippen molar-refractivity contribution in [1.82, 2.24) is 25.1 Å². The number of amides is 1. The number of tetrazole rings is 1. The summed E-state index contributed by atoms with van der Waals surface area (Å²) < 4.78 is 13.0. The van der Waals surface area contributed by atoms with Crippen LogP contribution in [0.4, 0.5) is 0 Å². The Morgan fingerprint density at radius 3 is 3.00 bits per heavy atom. The molecule has 1 aromatic heterocycles. The normalized spacial score (nSPS) is 19.0. The topological polar surface area (TPSA) is 82.4 Å². The number of benzene rings is 1. The monoisotopic (exact) mass is 375 g/mol. The lowest BCUT2D eigenvalue weighted by Gasteiger charge is -2.26. The number of fused-ring (bicyclic) bond motifs is 1. The van der Waals surface area contributed by atoms with Crippen LogP contribution in [0.5, 0.6) is 11.5 Å². The van der Waals surface area contributed by atoms with E-state index in [1.807, 2.05) is 30.0 Å². The molecule has 2 aromatic rings. The minimum Gasteiger partial charge on any atom is -0.486 e. The molecule has 1 aromatic carbocycles. The third kappa shape index (κ3) is 3.35. The Kier molecular flexibility index (Phi) is 4.96. The van der Waals surface area contributed by atoms with Gasteiger partial charge < -0.3 is 14.4 Å². The van der Waals surface area contributed by atoms with Gasteiger partial charge in [-0.2, -0.15) is 0 Å². The molecule has 1 saturated heterocycles. The number of hydrogen-bond acceptors (Lipinski definition) is 7. The van der Waals surface area contributed by atoms with Gasteiger partial charge in [0.15, 0.2) is 11.5 Å². The lowest BCUT2D eigenvalue weighted by atomic mass is 10.0. The van der Waals surface area contributed by atoms with Crippen LogP contribution in [0.3, 0.4) is 0 Å². The molecular formula is C17H21N5O3S. The number of rotatable bonds is 5. The average molecular weight is 375 g/mol. The quantitative estimate of drug-likeness (QED) is 0.738. The van der Waals surface area contributed by atoms with Crippen molar-refractivity contribution in [3.63, 3.8) is 0 Å². The minimum absolute atomic E-state index is 0.0843. The summed E-state index contributed by atoms with van der Waals surface area (Å²) in [4.78, 5) is 14.7. The van der Waals surface area contributed by atoms with Gasteiger partial charge in [-0.25, -0.2) is 4.68 Å². The van der Waals surface area contributed by atoms with Crippen LogP contribution in [0.25, 0.3) is 0 Å². The van der Waals surface area contributed by atoms with Gasteiger partial charge in [0.25, 0.3) is 0 Å². The van der Waals surface area contributed by atoms with Gasteiger partial charge in [-0.3, -0.25) is 4.79 Å².